The predicted octanol–water partition coefficient (Wildman–Crippen LogP) is 2.43. The number of carbonyl (C=O) groups is 1. The summed E-state index contributed by atoms with van der Waals surface area (Å²) >= 11 is 1.15. The number of piperazine rings is 1. The van der Waals surface area contributed by atoms with E-state index in [2.05, 4.69) is 48.1 Å². The van der Waals surface area contributed by atoms with Crippen LogP contribution in [0.3, 0.4) is 0 Å². The van der Waals surface area contributed by atoms with Crippen molar-refractivity contribution in [1.82, 2.24) is 24.6 Å². The summed E-state index contributed by atoms with van der Waals surface area (Å²) in [5.74, 6) is -0.613. The number of sulfonamides is 1. The van der Waals surface area contributed by atoms with E-state index in [4.69, 9.17) is 5.21 Å². The third-order valence-electron chi connectivity index (χ3n) is 6.46. The Bertz CT molecular complexity index is 1340. The first-order valence-electron chi connectivity index (χ1n) is 12.4. The van der Waals surface area contributed by atoms with Gasteiger partial charge in [0, 0.05) is 45.8 Å². The lowest BCUT2D eigenvalue weighted by atomic mass is 10.0. The summed E-state index contributed by atoms with van der Waals surface area (Å²) in [4.78, 5) is 22.8. The van der Waals surface area contributed by atoms with Gasteiger partial charge in [0.15, 0.2) is 5.13 Å². The van der Waals surface area contributed by atoms with Gasteiger partial charge in [-0.25, -0.2) is 18.9 Å². The second kappa shape index (κ2) is 12.3. The number of hydrogen-bond donors (Lipinski definition) is 2. The van der Waals surface area contributed by atoms with Crippen molar-refractivity contribution in [2.45, 2.75) is 11.4 Å². The molecule has 10 nitrogen and oxygen atoms in total. The van der Waals surface area contributed by atoms with Crippen LogP contribution in [-0.4, -0.2) is 99.0 Å². The zero-order valence-corrected chi connectivity index (χ0v) is 23.5. The maximum atomic E-state index is 13.3. The summed E-state index contributed by atoms with van der Waals surface area (Å²) in [5, 5.41) is 9.41. The van der Waals surface area contributed by atoms with Gasteiger partial charge in [-0.2, -0.15) is 4.31 Å². The molecular formula is C26H34N6O4S2. The third kappa shape index (κ3) is 6.76. The van der Waals surface area contributed by atoms with E-state index in [1.165, 1.54) is 16.1 Å². The van der Waals surface area contributed by atoms with E-state index in [0.717, 1.165) is 42.1 Å². The number of carbonyl (C=O) groups excluding carboxylic acids is 1. The summed E-state index contributed by atoms with van der Waals surface area (Å²) in [5.41, 5.74) is 4.83. The van der Waals surface area contributed by atoms with Crippen LogP contribution in [0, 0.1) is 0 Å². The molecule has 1 saturated heterocycles. The van der Waals surface area contributed by atoms with Crippen LogP contribution in [-0.2, 0) is 16.6 Å². The van der Waals surface area contributed by atoms with Crippen LogP contribution in [0.4, 0.5) is 5.13 Å². The summed E-state index contributed by atoms with van der Waals surface area (Å²) in [6.45, 7) is 4.36. The molecule has 0 saturated carbocycles. The summed E-state index contributed by atoms with van der Waals surface area (Å²) in [6, 6.07) is 15.4. The molecule has 4 rings (SSSR count). The summed E-state index contributed by atoms with van der Waals surface area (Å²) in [7, 11) is 2.61. The highest BCUT2D eigenvalue weighted by atomic mass is 32.2. The molecule has 2 heterocycles. The van der Waals surface area contributed by atoms with Crippen LogP contribution in [0.5, 0.6) is 0 Å². The Labute approximate surface area is 228 Å². The molecule has 0 radical (unpaired) electrons. The third-order valence-corrected chi connectivity index (χ3v) is 9.43. The van der Waals surface area contributed by atoms with E-state index in [1.54, 1.807) is 17.6 Å². The fraction of sp³-hybridized carbons (Fsp3) is 0.385. The van der Waals surface area contributed by atoms with Gasteiger partial charge in [-0.3, -0.25) is 10.0 Å². The summed E-state index contributed by atoms with van der Waals surface area (Å²) in [6.07, 6.45) is 1.40. The minimum absolute atomic E-state index is 0.269. The number of rotatable bonds is 10. The lowest BCUT2D eigenvalue weighted by Crippen LogP contribution is -2.48. The minimum Gasteiger partial charge on any atom is -0.345 e. The Morgan fingerprint density at radius 3 is 2.39 bits per heavy atom. The van der Waals surface area contributed by atoms with Crippen molar-refractivity contribution in [3.63, 3.8) is 0 Å². The molecule has 1 fully saturated rings. The number of aromatic nitrogens is 1. The number of nitrogens with zero attached hydrogens (tertiary/aromatic N) is 5. The molecule has 0 bridgehead atoms. The molecule has 0 spiro atoms. The van der Waals surface area contributed by atoms with Gasteiger partial charge >= 0.3 is 0 Å². The molecule has 2 aromatic carbocycles. The van der Waals surface area contributed by atoms with E-state index in [-0.39, 0.29) is 4.90 Å². The first-order valence-corrected chi connectivity index (χ1v) is 14.6. The highest BCUT2D eigenvalue weighted by Gasteiger charge is 2.29. The normalized spacial score (nSPS) is 14.8. The number of hydrogen-bond acceptors (Lipinski definition) is 9. The van der Waals surface area contributed by atoms with Gasteiger partial charge in [0.1, 0.15) is 4.88 Å². The first kappa shape index (κ1) is 28.1. The Balaban J connectivity index is 1.38. The van der Waals surface area contributed by atoms with Crippen molar-refractivity contribution in [3.8, 4) is 11.1 Å². The van der Waals surface area contributed by atoms with Crippen molar-refractivity contribution in [3.05, 3.63) is 65.2 Å². The molecule has 1 aliphatic rings. The second-order valence-electron chi connectivity index (χ2n) is 9.60. The number of thiazole rings is 1. The Morgan fingerprint density at radius 1 is 1.03 bits per heavy atom. The zero-order chi connectivity index (χ0) is 27.3. The number of anilines is 1. The molecule has 12 heteroatoms. The van der Waals surface area contributed by atoms with Crippen LogP contribution >= 0.6 is 11.3 Å². The first-order chi connectivity index (χ1) is 18.2. The molecule has 1 aliphatic heterocycles. The van der Waals surface area contributed by atoms with E-state index in [9.17, 15) is 13.2 Å². The second-order valence-corrected chi connectivity index (χ2v) is 12.6. The highest BCUT2D eigenvalue weighted by Crippen LogP contribution is 2.27. The number of nitrogens with one attached hydrogen (secondary N) is 1. The number of hydroxylamine groups is 1. The van der Waals surface area contributed by atoms with Crippen molar-refractivity contribution in [2.24, 2.45) is 0 Å². The fourth-order valence-electron chi connectivity index (χ4n) is 4.27. The smallest absolute Gasteiger partial charge is 0.286 e. The van der Waals surface area contributed by atoms with E-state index in [0.29, 0.717) is 36.2 Å². The Hall–Kier alpha value is -2.87. The largest absolute Gasteiger partial charge is 0.345 e. The molecule has 1 amide bonds. The quantitative estimate of drug-likeness (QED) is 0.289. The number of benzene rings is 2. The molecule has 3 aromatic rings. The van der Waals surface area contributed by atoms with Gasteiger partial charge in [0.2, 0.25) is 10.0 Å². The molecule has 0 aliphatic carbocycles. The molecule has 1 aromatic heterocycles. The van der Waals surface area contributed by atoms with Crippen molar-refractivity contribution in [2.75, 3.05) is 65.3 Å². The monoisotopic (exact) mass is 558 g/mol. The molecule has 204 valence electrons. The fourth-order valence-corrected chi connectivity index (χ4v) is 6.55. The molecule has 38 heavy (non-hydrogen) atoms. The minimum atomic E-state index is -3.63. The molecule has 0 unspecified atom stereocenters. The van der Waals surface area contributed by atoms with E-state index < -0.39 is 15.9 Å². The lowest BCUT2D eigenvalue weighted by molar-refractivity contribution is 0.0710. The van der Waals surface area contributed by atoms with Crippen LogP contribution in [0.15, 0.2) is 59.6 Å². The van der Waals surface area contributed by atoms with Crippen molar-refractivity contribution < 1.29 is 18.4 Å². The van der Waals surface area contributed by atoms with Gasteiger partial charge in [0.25, 0.3) is 5.91 Å². The predicted molar refractivity (Wildman–Crippen MR) is 149 cm³/mol. The van der Waals surface area contributed by atoms with Gasteiger partial charge in [-0.15, -0.1) is 0 Å². The van der Waals surface area contributed by atoms with Crippen LogP contribution in [0.2, 0.25) is 0 Å². The average molecular weight is 559 g/mol. The van der Waals surface area contributed by atoms with E-state index >= 15 is 0 Å². The average Bonchev–Trinajstić information content (AvgIpc) is 3.42. The van der Waals surface area contributed by atoms with Gasteiger partial charge in [0.05, 0.1) is 11.1 Å². The SMILES string of the molecule is CN(C)CCN(C)Cc1cccc(-c2ccc(S(=O)(=O)N3CCN(c4ncc(C(=O)NO)s4)CC3)cc2)c1. The van der Waals surface area contributed by atoms with Crippen LogP contribution in [0.1, 0.15) is 15.2 Å². The zero-order valence-electron chi connectivity index (χ0n) is 21.9. The Morgan fingerprint density at radius 2 is 1.74 bits per heavy atom. The van der Waals surface area contributed by atoms with Crippen molar-refractivity contribution >= 4 is 32.4 Å². The van der Waals surface area contributed by atoms with Crippen molar-refractivity contribution in [1.29, 1.82) is 0 Å². The molecule has 0 atom stereocenters. The standard InChI is InChI=1S/C26H34N6O4S2/c1-29(2)11-12-30(3)19-20-5-4-6-22(17-20)21-7-9-23(10-8-21)38(35,36)32-15-13-31(14-16-32)26-27-18-24(37-26)25(33)28-34/h4-10,17-18,34H,11-16,19H2,1-3H3,(H,28,33). The maximum absolute atomic E-state index is 13.3. The summed E-state index contributed by atoms with van der Waals surface area (Å²) < 4.78 is 28.1. The van der Waals surface area contributed by atoms with Gasteiger partial charge < -0.3 is 14.7 Å². The lowest BCUT2D eigenvalue weighted by Gasteiger charge is -2.33. The van der Waals surface area contributed by atoms with Crippen LogP contribution < -0.4 is 10.4 Å². The topological polar surface area (TPSA) is 109 Å². The van der Waals surface area contributed by atoms with Crippen LogP contribution in [0.25, 0.3) is 11.1 Å². The van der Waals surface area contributed by atoms with Gasteiger partial charge in [-0.05, 0) is 56.0 Å². The van der Waals surface area contributed by atoms with Gasteiger partial charge in [-0.1, -0.05) is 41.7 Å². The van der Waals surface area contributed by atoms with E-state index in [1.807, 2.05) is 29.2 Å². The highest BCUT2D eigenvalue weighted by molar-refractivity contribution is 7.89. The number of amides is 1. The molecular weight excluding hydrogens is 524 g/mol. The maximum Gasteiger partial charge on any atom is 0.286 e. The Kier molecular flexibility index (Phi) is 9.13. The molecule has 2 N–H and O–H groups in total. The number of likely N-dealkylation sites (N-methyl/N-ethyl adjacent to an activating group) is 2.